The summed E-state index contributed by atoms with van der Waals surface area (Å²) < 4.78 is 19.1. The molecule has 3 heteroatoms. The smallest absolute Gasteiger partial charge is 0.143 e. The molecule has 0 bridgehead atoms. The molecule has 0 atom stereocenters. The van der Waals surface area contributed by atoms with Crippen LogP contribution in [0, 0.1) is 12.3 Å². The van der Waals surface area contributed by atoms with Crippen molar-refractivity contribution in [1.82, 2.24) is 0 Å². The van der Waals surface area contributed by atoms with Gasteiger partial charge in [-0.2, -0.15) is 0 Å². The highest BCUT2D eigenvalue weighted by Gasteiger charge is 1.77. The van der Waals surface area contributed by atoms with Crippen molar-refractivity contribution in [2.45, 2.75) is 32.6 Å². The van der Waals surface area contributed by atoms with E-state index in [1.807, 2.05) is 0 Å². The van der Waals surface area contributed by atoms with E-state index in [4.69, 9.17) is 6.42 Å². The number of hydrogen-bond acceptors (Lipinski definition) is 2. The minimum Gasteiger partial charge on any atom is -0.232 e. The monoisotopic (exact) mass is 202 g/mol. The predicted molar refractivity (Wildman–Crippen MR) is 58.4 cm³/mol. The number of unbranched alkanes of at least 4 members (excludes halogenated alkanes) is 3. The second-order valence-corrected chi connectivity index (χ2v) is 3.50. The third kappa shape index (κ3) is 24.6. The maximum Gasteiger partial charge on any atom is 0.143 e. The Labute approximate surface area is 83.0 Å². The highest BCUT2D eigenvalue weighted by Crippen LogP contribution is 1.95. The molecule has 0 amide bonds. The van der Waals surface area contributed by atoms with E-state index in [2.05, 4.69) is 19.4 Å². The molecule has 0 fully saturated rings. The van der Waals surface area contributed by atoms with Gasteiger partial charge in [-0.15, -0.1) is 18.9 Å². The Morgan fingerprint density at radius 2 is 2.08 bits per heavy atom. The van der Waals surface area contributed by atoms with E-state index >= 15 is 0 Å². The van der Waals surface area contributed by atoms with Gasteiger partial charge in [0, 0.05) is 6.42 Å². The first kappa shape index (κ1) is 14.8. The molecule has 0 saturated carbocycles. The van der Waals surface area contributed by atoms with Gasteiger partial charge >= 0.3 is 0 Å². The van der Waals surface area contributed by atoms with Gasteiger partial charge in [-0.1, -0.05) is 25.8 Å². The molecular formula is C10H18O2S. The summed E-state index contributed by atoms with van der Waals surface area (Å²) >= 11 is 0. The van der Waals surface area contributed by atoms with Gasteiger partial charge in [0.1, 0.15) is 10.7 Å². The average molecular weight is 202 g/mol. The normalized spacial score (nSPS) is 8.38. The van der Waals surface area contributed by atoms with E-state index in [1.54, 1.807) is 0 Å². The zero-order valence-electron chi connectivity index (χ0n) is 8.16. The Morgan fingerprint density at radius 1 is 1.46 bits per heavy atom. The first-order valence-electron chi connectivity index (χ1n) is 4.35. The average Bonchev–Trinajstić information content (AvgIpc) is 2.06. The molecule has 0 aromatic rings. The Morgan fingerprint density at radius 3 is 2.31 bits per heavy atom. The van der Waals surface area contributed by atoms with E-state index in [9.17, 15) is 8.42 Å². The van der Waals surface area contributed by atoms with Crippen molar-refractivity contribution in [1.29, 1.82) is 0 Å². The lowest BCUT2D eigenvalue weighted by Gasteiger charge is -1.86. The van der Waals surface area contributed by atoms with E-state index in [-0.39, 0.29) is 5.75 Å². The van der Waals surface area contributed by atoms with Gasteiger partial charge in [0.05, 0.1) is 5.75 Å². The molecule has 0 aliphatic carbocycles. The largest absolute Gasteiger partial charge is 0.232 e. The minimum atomic E-state index is -2.22. The van der Waals surface area contributed by atoms with Crippen LogP contribution >= 0.6 is 0 Å². The van der Waals surface area contributed by atoms with Crippen molar-refractivity contribution in [2.75, 3.05) is 5.75 Å². The molecule has 0 unspecified atom stereocenters. The van der Waals surface area contributed by atoms with Crippen LogP contribution in [0.4, 0.5) is 0 Å². The fraction of sp³-hybridized carbons (Fsp3) is 0.600. The summed E-state index contributed by atoms with van der Waals surface area (Å²) in [6.07, 6.45) is 11.1. The van der Waals surface area contributed by atoms with Crippen LogP contribution in [-0.4, -0.2) is 14.2 Å². The fourth-order valence-corrected chi connectivity index (χ4v) is 0.793. The van der Waals surface area contributed by atoms with Crippen LogP contribution in [0.15, 0.2) is 12.7 Å². The van der Waals surface area contributed by atoms with Crippen LogP contribution in [0.3, 0.4) is 0 Å². The lowest BCUT2D eigenvalue weighted by Crippen LogP contribution is -1.76. The Balaban J connectivity index is 0. The van der Waals surface area contributed by atoms with Crippen molar-refractivity contribution in [3.8, 4) is 12.3 Å². The molecule has 0 aromatic heterocycles. The number of terminal acetylenes is 1. The van der Waals surface area contributed by atoms with Crippen molar-refractivity contribution in [3.05, 3.63) is 12.7 Å². The van der Waals surface area contributed by atoms with E-state index in [0.29, 0.717) is 0 Å². The zero-order valence-corrected chi connectivity index (χ0v) is 9.06. The first-order chi connectivity index (χ1) is 6.18. The molecule has 0 radical (unpaired) electrons. The lowest BCUT2D eigenvalue weighted by atomic mass is 10.2. The summed E-state index contributed by atoms with van der Waals surface area (Å²) in [4.78, 5) is 0. The van der Waals surface area contributed by atoms with Gasteiger partial charge in [-0.05, 0) is 6.42 Å². The summed E-state index contributed by atoms with van der Waals surface area (Å²) in [5, 5.41) is 0. The van der Waals surface area contributed by atoms with E-state index in [1.165, 1.54) is 25.3 Å². The number of thiol groups is 1. The topological polar surface area (TPSA) is 34.1 Å². The summed E-state index contributed by atoms with van der Waals surface area (Å²) in [5.41, 5.74) is 0. The SMILES string of the molecule is C#CCCCCC.C=CC[SH](=O)=O. The molecule has 76 valence electrons. The molecule has 0 heterocycles. The molecule has 2 nitrogen and oxygen atoms in total. The van der Waals surface area contributed by atoms with Crippen LogP contribution in [0.25, 0.3) is 0 Å². The van der Waals surface area contributed by atoms with Crippen molar-refractivity contribution in [2.24, 2.45) is 0 Å². The number of rotatable bonds is 5. The fourth-order valence-electron chi connectivity index (χ4n) is 0.582. The molecule has 0 saturated heterocycles. The highest BCUT2D eigenvalue weighted by molar-refractivity contribution is 7.72. The van der Waals surface area contributed by atoms with Crippen molar-refractivity contribution in [3.63, 3.8) is 0 Å². The van der Waals surface area contributed by atoms with Gasteiger partial charge < -0.3 is 0 Å². The van der Waals surface area contributed by atoms with E-state index in [0.717, 1.165) is 6.42 Å². The van der Waals surface area contributed by atoms with Gasteiger partial charge in [-0.3, -0.25) is 0 Å². The lowest BCUT2D eigenvalue weighted by molar-refractivity contribution is 0.617. The summed E-state index contributed by atoms with van der Waals surface area (Å²) in [6.45, 7) is 5.39. The molecule has 13 heavy (non-hydrogen) atoms. The standard InChI is InChI=1S/C7H12.C3H6O2S/c1-3-5-7-6-4-2;1-2-3-6(4)5/h1H,4-7H2,2H3;2,6H,1,3H2. The molecule has 0 aliphatic heterocycles. The Bertz CT molecular complexity index is 203. The van der Waals surface area contributed by atoms with Crippen LogP contribution in [0.2, 0.25) is 0 Å². The predicted octanol–water partition coefficient (Wildman–Crippen LogP) is 1.98. The maximum atomic E-state index is 9.57. The van der Waals surface area contributed by atoms with E-state index < -0.39 is 10.7 Å². The Kier molecular flexibility index (Phi) is 15.7. The third-order valence-electron chi connectivity index (χ3n) is 1.20. The minimum absolute atomic E-state index is 0.0926. The quantitative estimate of drug-likeness (QED) is 0.320. The van der Waals surface area contributed by atoms with Crippen LogP contribution in [-0.2, 0) is 10.7 Å². The van der Waals surface area contributed by atoms with Crippen LogP contribution in [0.5, 0.6) is 0 Å². The highest BCUT2D eigenvalue weighted by atomic mass is 32.2. The van der Waals surface area contributed by atoms with Gasteiger partial charge in [0.25, 0.3) is 0 Å². The molecular weight excluding hydrogens is 184 g/mol. The van der Waals surface area contributed by atoms with Gasteiger partial charge in [-0.25, -0.2) is 8.42 Å². The molecule has 0 spiro atoms. The number of hydrogen-bond donors (Lipinski definition) is 1. The molecule has 0 aromatic carbocycles. The van der Waals surface area contributed by atoms with Gasteiger partial charge in [0.15, 0.2) is 0 Å². The second-order valence-electron chi connectivity index (χ2n) is 2.47. The molecule has 0 N–H and O–H groups in total. The third-order valence-corrected chi connectivity index (χ3v) is 1.76. The summed E-state index contributed by atoms with van der Waals surface area (Å²) in [6, 6.07) is 0. The van der Waals surface area contributed by atoms with Crippen molar-refractivity contribution < 1.29 is 8.42 Å². The Hall–Kier alpha value is -0.750. The zero-order chi connectivity index (χ0) is 10.5. The van der Waals surface area contributed by atoms with Crippen molar-refractivity contribution >= 4 is 10.7 Å². The first-order valence-corrected chi connectivity index (χ1v) is 5.71. The molecule has 0 rings (SSSR count). The van der Waals surface area contributed by atoms with Crippen LogP contribution < -0.4 is 0 Å². The van der Waals surface area contributed by atoms with Crippen LogP contribution in [0.1, 0.15) is 32.6 Å². The van der Waals surface area contributed by atoms with Gasteiger partial charge in [0.2, 0.25) is 0 Å². The molecule has 0 aliphatic rings. The maximum absolute atomic E-state index is 9.57. The summed E-state index contributed by atoms with van der Waals surface area (Å²) in [5.74, 6) is 2.70. The summed E-state index contributed by atoms with van der Waals surface area (Å²) in [7, 11) is -2.22. The second kappa shape index (κ2) is 13.8.